The first-order chi connectivity index (χ1) is 15.9. The molecule has 180 valence electrons. The van der Waals surface area contributed by atoms with Gasteiger partial charge in [0, 0.05) is 5.69 Å². The van der Waals surface area contributed by atoms with Gasteiger partial charge in [-0.3, -0.25) is 9.59 Å². The largest absolute Gasteiger partial charge is 0.444 e. The molecule has 2 rings (SSSR count). The normalized spacial score (nSPS) is 12.6. The lowest BCUT2D eigenvalue weighted by Gasteiger charge is -2.32. The number of hydrogen-bond donors (Lipinski definition) is 2. The molecule has 0 spiro atoms. The van der Waals surface area contributed by atoms with Crippen molar-refractivity contribution in [2.45, 2.75) is 59.2 Å². The van der Waals surface area contributed by atoms with Crippen LogP contribution in [0.1, 0.15) is 50.4 Å². The smallest absolute Gasteiger partial charge is 0.408 e. The van der Waals surface area contributed by atoms with Crippen molar-refractivity contribution in [3.8, 4) is 6.07 Å². The Balaban J connectivity index is 2.41. The molecule has 2 atom stereocenters. The van der Waals surface area contributed by atoms with Crippen LogP contribution < -0.4 is 10.6 Å². The molecule has 0 aromatic heterocycles. The van der Waals surface area contributed by atoms with Crippen LogP contribution in [-0.4, -0.2) is 41.0 Å². The summed E-state index contributed by atoms with van der Waals surface area (Å²) in [6.07, 6.45) is -0.762. The van der Waals surface area contributed by atoms with Crippen molar-refractivity contribution in [3.05, 3.63) is 65.2 Å². The minimum Gasteiger partial charge on any atom is -0.444 e. The maximum absolute atomic E-state index is 13.5. The van der Waals surface area contributed by atoms with Crippen LogP contribution in [0.2, 0.25) is 0 Å². The molecule has 8 heteroatoms. The second-order valence-electron chi connectivity index (χ2n) is 9.11. The predicted molar refractivity (Wildman–Crippen MR) is 130 cm³/mol. The fourth-order valence-electron chi connectivity index (χ4n) is 3.39. The molecule has 0 saturated heterocycles. The molecule has 3 amide bonds. The molecule has 2 aromatic carbocycles. The molecular formula is C26H32N4O4. The van der Waals surface area contributed by atoms with Crippen LogP contribution in [0, 0.1) is 25.2 Å². The summed E-state index contributed by atoms with van der Waals surface area (Å²) in [5.41, 5.74) is 2.18. The van der Waals surface area contributed by atoms with Crippen molar-refractivity contribution in [2.24, 2.45) is 0 Å². The third kappa shape index (κ3) is 7.34. The molecule has 0 aliphatic carbocycles. The number of amides is 3. The Morgan fingerprint density at radius 1 is 1.09 bits per heavy atom. The van der Waals surface area contributed by atoms with E-state index >= 15 is 0 Å². The van der Waals surface area contributed by atoms with Gasteiger partial charge in [-0.1, -0.05) is 48.0 Å². The van der Waals surface area contributed by atoms with E-state index in [-0.39, 0.29) is 6.54 Å². The minimum atomic E-state index is -1.09. The summed E-state index contributed by atoms with van der Waals surface area (Å²) < 4.78 is 5.23. The number of anilines is 1. The number of nitrogens with one attached hydrogen (secondary N) is 2. The number of aryl methyl sites for hydroxylation is 2. The highest BCUT2D eigenvalue weighted by Crippen LogP contribution is 2.26. The molecule has 2 aromatic rings. The second kappa shape index (κ2) is 11.3. The number of nitrogens with zero attached hydrogens (tertiary/aromatic N) is 2. The van der Waals surface area contributed by atoms with E-state index in [1.54, 1.807) is 51.1 Å². The van der Waals surface area contributed by atoms with Crippen molar-refractivity contribution in [2.75, 3.05) is 11.9 Å². The number of carbonyl (C=O) groups is 3. The van der Waals surface area contributed by atoms with E-state index in [9.17, 15) is 19.6 Å². The third-order valence-corrected chi connectivity index (χ3v) is 4.95. The first kappa shape index (κ1) is 26.4. The molecule has 2 unspecified atom stereocenters. The summed E-state index contributed by atoms with van der Waals surface area (Å²) >= 11 is 0. The molecule has 0 aliphatic heterocycles. The quantitative estimate of drug-likeness (QED) is 0.595. The van der Waals surface area contributed by atoms with Crippen LogP contribution in [-0.2, 0) is 14.3 Å². The van der Waals surface area contributed by atoms with Crippen LogP contribution >= 0.6 is 0 Å². The number of carbonyl (C=O) groups excluding carboxylic acids is 3. The highest BCUT2D eigenvalue weighted by Gasteiger charge is 2.35. The van der Waals surface area contributed by atoms with Crippen molar-refractivity contribution in [1.82, 2.24) is 10.2 Å². The zero-order valence-corrected chi connectivity index (χ0v) is 20.5. The fourth-order valence-corrected chi connectivity index (χ4v) is 3.39. The van der Waals surface area contributed by atoms with Crippen LogP contribution in [0.4, 0.5) is 10.5 Å². The van der Waals surface area contributed by atoms with E-state index in [4.69, 9.17) is 4.74 Å². The number of benzene rings is 2. The van der Waals surface area contributed by atoms with Crippen molar-refractivity contribution in [3.63, 3.8) is 0 Å². The molecular weight excluding hydrogens is 432 g/mol. The fraction of sp³-hybridized carbons (Fsp3) is 0.385. The molecule has 2 N–H and O–H groups in total. The third-order valence-electron chi connectivity index (χ3n) is 4.95. The van der Waals surface area contributed by atoms with Gasteiger partial charge in [0.2, 0.25) is 5.91 Å². The molecule has 34 heavy (non-hydrogen) atoms. The molecule has 0 aliphatic rings. The van der Waals surface area contributed by atoms with E-state index < -0.39 is 35.6 Å². The average Bonchev–Trinajstić information content (AvgIpc) is 2.73. The zero-order valence-electron chi connectivity index (χ0n) is 20.5. The first-order valence-electron chi connectivity index (χ1n) is 11.0. The van der Waals surface area contributed by atoms with Gasteiger partial charge in [0.05, 0.1) is 6.07 Å². The Labute approximate surface area is 200 Å². The lowest BCUT2D eigenvalue weighted by atomic mass is 10.0. The SMILES string of the molecule is Cc1cccc(C(C(=O)Nc2ccccc2C)N(CC#N)C(=O)C(C)NC(=O)OC(C)(C)C)c1. The Kier molecular flexibility index (Phi) is 8.79. The topological polar surface area (TPSA) is 112 Å². The molecule has 0 fully saturated rings. The first-order valence-corrected chi connectivity index (χ1v) is 11.0. The number of nitriles is 1. The molecule has 0 heterocycles. The highest BCUT2D eigenvalue weighted by molar-refractivity contribution is 5.99. The van der Waals surface area contributed by atoms with Gasteiger partial charge in [-0.2, -0.15) is 5.26 Å². The summed E-state index contributed by atoms with van der Waals surface area (Å²) in [7, 11) is 0. The number of alkyl carbamates (subject to hydrolysis) is 1. The summed E-state index contributed by atoms with van der Waals surface area (Å²) in [4.78, 5) is 40.3. The Bertz CT molecular complexity index is 1080. The average molecular weight is 465 g/mol. The van der Waals surface area contributed by atoms with Gasteiger partial charge in [0.25, 0.3) is 5.91 Å². The predicted octanol–water partition coefficient (Wildman–Crippen LogP) is 4.25. The second-order valence-corrected chi connectivity index (χ2v) is 9.11. The molecule has 0 radical (unpaired) electrons. The van der Waals surface area contributed by atoms with E-state index in [1.807, 2.05) is 38.1 Å². The minimum absolute atomic E-state index is 0.348. The van der Waals surface area contributed by atoms with E-state index in [0.717, 1.165) is 11.1 Å². The lowest BCUT2D eigenvalue weighted by Crippen LogP contribution is -2.51. The van der Waals surface area contributed by atoms with Gasteiger partial charge in [0.1, 0.15) is 24.2 Å². The zero-order chi connectivity index (χ0) is 25.5. The Morgan fingerprint density at radius 3 is 2.35 bits per heavy atom. The highest BCUT2D eigenvalue weighted by atomic mass is 16.6. The summed E-state index contributed by atoms with van der Waals surface area (Å²) in [5, 5.41) is 14.9. The maximum Gasteiger partial charge on any atom is 0.408 e. The summed E-state index contributed by atoms with van der Waals surface area (Å²) in [5.74, 6) is -1.05. The van der Waals surface area contributed by atoms with Gasteiger partial charge in [-0.15, -0.1) is 0 Å². The van der Waals surface area contributed by atoms with Crippen LogP contribution in [0.15, 0.2) is 48.5 Å². The standard InChI is InChI=1S/C26H32N4O4/c1-17-10-9-12-20(16-17)22(23(31)29-21-13-8-7-11-18(21)2)30(15-14-27)24(32)19(3)28-25(33)34-26(4,5)6/h7-13,16,19,22H,15H2,1-6H3,(H,28,33)(H,29,31). The van der Waals surface area contributed by atoms with Crippen LogP contribution in [0.5, 0.6) is 0 Å². The monoisotopic (exact) mass is 464 g/mol. The van der Waals surface area contributed by atoms with Gasteiger partial charge in [0.15, 0.2) is 0 Å². The van der Waals surface area contributed by atoms with E-state index in [1.165, 1.54) is 11.8 Å². The summed E-state index contributed by atoms with van der Waals surface area (Å²) in [6, 6.07) is 14.3. The maximum atomic E-state index is 13.5. The van der Waals surface area contributed by atoms with E-state index in [0.29, 0.717) is 11.3 Å². The lowest BCUT2D eigenvalue weighted by molar-refractivity contribution is -0.139. The van der Waals surface area contributed by atoms with Crippen molar-refractivity contribution in [1.29, 1.82) is 5.26 Å². The molecule has 0 bridgehead atoms. The van der Waals surface area contributed by atoms with Crippen molar-refractivity contribution >= 4 is 23.6 Å². The number of rotatable bonds is 7. The number of para-hydroxylation sites is 1. The van der Waals surface area contributed by atoms with Gasteiger partial charge >= 0.3 is 6.09 Å². The molecule has 0 saturated carbocycles. The van der Waals surface area contributed by atoms with Gasteiger partial charge in [-0.05, 0) is 58.7 Å². The van der Waals surface area contributed by atoms with Crippen molar-refractivity contribution < 1.29 is 19.1 Å². The Hall–Kier alpha value is -3.86. The number of hydrogen-bond acceptors (Lipinski definition) is 5. The summed E-state index contributed by atoms with van der Waals surface area (Å²) in [6.45, 7) is 10.0. The molecule has 8 nitrogen and oxygen atoms in total. The van der Waals surface area contributed by atoms with Crippen LogP contribution in [0.25, 0.3) is 0 Å². The Morgan fingerprint density at radius 2 is 1.76 bits per heavy atom. The van der Waals surface area contributed by atoms with Gasteiger partial charge in [-0.25, -0.2) is 4.79 Å². The van der Waals surface area contributed by atoms with Crippen LogP contribution in [0.3, 0.4) is 0 Å². The van der Waals surface area contributed by atoms with E-state index in [2.05, 4.69) is 10.6 Å². The van der Waals surface area contributed by atoms with Gasteiger partial charge < -0.3 is 20.3 Å². The number of ether oxygens (including phenoxy) is 1.